The molecular formula is C22H27N3O3S. The number of nitrogens with zero attached hydrogens (tertiary/aromatic N) is 3. The van der Waals surface area contributed by atoms with Crippen molar-refractivity contribution in [1.29, 1.82) is 0 Å². The molecule has 1 unspecified atom stereocenters. The van der Waals surface area contributed by atoms with Crippen LogP contribution in [0.5, 0.6) is 0 Å². The summed E-state index contributed by atoms with van der Waals surface area (Å²) in [5.74, 6) is 1.13. The first-order valence-electron chi connectivity index (χ1n) is 10.4. The summed E-state index contributed by atoms with van der Waals surface area (Å²) in [6.07, 6.45) is 6.25. The number of pyridine rings is 1. The minimum atomic E-state index is -0.377. The summed E-state index contributed by atoms with van der Waals surface area (Å²) in [6.45, 7) is 4.71. The Morgan fingerprint density at radius 3 is 2.79 bits per heavy atom. The van der Waals surface area contributed by atoms with Crippen LogP contribution in [-0.4, -0.2) is 54.5 Å². The number of fused-ring (bicyclic) bond motifs is 1. The van der Waals surface area contributed by atoms with Crippen LogP contribution >= 0.6 is 11.3 Å². The van der Waals surface area contributed by atoms with Crippen molar-refractivity contribution >= 4 is 29.0 Å². The predicted octanol–water partition coefficient (Wildman–Crippen LogP) is 3.16. The Labute approximate surface area is 175 Å². The van der Waals surface area contributed by atoms with Crippen molar-refractivity contribution in [2.24, 2.45) is 5.92 Å². The molecule has 6 nitrogen and oxygen atoms in total. The summed E-state index contributed by atoms with van der Waals surface area (Å²) in [5, 5.41) is 0. The van der Waals surface area contributed by atoms with Gasteiger partial charge in [-0.25, -0.2) is 9.78 Å². The van der Waals surface area contributed by atoms with Crippen LogP contribution in [0.15, 0.2) is 30.5 Å². The molecule has 3 heterocycles. The Bertz CT molecular complexity index is 859. The van der Waals surface area contributed by atoms with Crippen LogP contribution in [0.2, 0.25) is 0 Å². The highest BCUT2D eigenvalue weighted by molar-refractivity contribution is 7.14. The van der Waals surface area contributed by atoms with Crippen molar-refractivity contribution in [1.82, 2.24) is 9.88 Å². The topological polar surface area (TPSA) is 62.7 Å². The summed E-state index contributed by atoms with van der Waals surface area (Å²) < 4.78 is 5.34. The number of rotatable bonds is 5. The van der Waals surface area contributed by atoms with E-state index >= 15 is 0 Å². The molecule has 1 fully saturated rings. The molecule has 1 amide bonds. The van der Waals surface area contributed by atoms with Gasteiger partial charge in [0.25, 0.3) is 5.91 Å². The lowest BCUT2D eigenvalue weighted by molar-refractivity contribution is -0.134. The Morgan fingerprint density at radius 1 is 1.24 bits per heavy atom. The maximum Gasteiger partial charge on any atom is 0.348 e. The van der Waals surface area contributed by atoms with E-state index in [1.165, 1.54) is 34.6 Å². The van der Waals surface area contributed by atoms with Crippen LogP contribution < -0.4 is 4.90 Å². The number of aryl methyl sites for hydroxylation is 1. The fourth-order valence-electron chi connectivity index (χ4n) is 4.06. The SMILES string of the molecule is CCC1CCc2sc(C(=O)OCC(=O)N3CCN(c4ccccn4)CC3)cc2C1. The van der Waals surface area contributed by atoms with E-state index in [9.17, 15) is 9.59 Å². The molecule has 0 saturated carbocycles. The highest BCUT2D eigenvalue weighted by Crippen LogP contribution is 2.33. The third kappa shape index (κ3) is 4.61. The smallest absolute Gasteiger partial charge is 0.348 e. The molecule has 2 aliphatic rings. The molecule has 2 aromatic heterocycles. The number of hydrogen-bond acceptors (Lipinski definition) is 6. The maximum absolute atomic E-state index is 12.5. The average Bonchev–Trinajstić information content (AvgIpc) is 3.21. The molecule has 2 aromatic rings. The van der Waals surface area contributed by atoms with E-state index in [0.29, 0.717) is 23.9 Å². The Kier molecular flexibility index (Phi) is 6.13. The number of hydrogen-bond donors (Lipinski definition) is 0. The summed E-state index contributed by atoms with van der Waals surface area (Å²) in [7, 11) is 0. The number of thiophene rings is 1. The predicted molar refractivity (Wildman–Crippen MR) is 113 cm³/mol. The Balaban J connectivity index is 1.26. The summed E-state index contributed by atoms with van der Waals surface area (Å²) in [5.41, 5.74) is 1.29. The molecule has 4 rings (SSSR count). The van der Waals surface area contributed by atoms with E-state index < -0.39 is 0 Å². The zero-order chi connectivity index (χ0) is 20.2. The van der Waals surface area contributed by atoms with Gasteiger partial charge in [0.2, 0.25) is 0 Å². The molecule has 1 saturated heterocycles. The van der Waals surface area contributed by atoms with Gasteiger partial charge in [0.1, 0.15) is 10.7 Å². The van der Waals surface area contributed by atoms with E-state index in [1.807, 2.05) is 24.3 Å². The van der Waals surface area contributed by atoms with E-state index in [-0.39, 0.29) is 18.5 Å². The molecule has 154 valence electrons. The molecule has 0 bridgehead atoms. The van der Waals surface area contributed by atoms with Gasteiger partial charge in [-0.15, -0.1) is 11.3 Å². The monoisotopic (exact) mass is 413 g/mol. The molecule has 0 aromatic carbocycles. The minimum Gasteiger partial charge on any atom is -0.451 e. The Hall–Kier alpha value is -2.41. The quantitative estimate of drug-likeness (QED) is 0.705. The molecule has 1 aliphatic heterocycles. The molecule has 7 heteroatoms. The van der Waals surface area contributed by atoms with E-state index in [2.05, 4.69) is 16.8 Å². The van der Waals surface area contributed by atoms with Gasteiger partial charge in [0.15, 0.2) is 6.61 Å². The average molecular weight is 414 g/mol. The zero-order valence-electron chi connectivity index (χ0n) is 16.8. The number of carbonyl (C=O) groups is 2. The minimum absolute atomic E-state index is 0.133. The van der Waals surface area contributed by atoms with Gasteiger partial charge in [0.05, 0.1) is 0 Å². The first-order valence-corrected chi connectivity index (χ1v) is 11.2. The van der Waals surface area contributed by atoms with Gasteiger partial charge >= 0.3 is 5.97 Å². The lowest BCUT2D eigenvalue weighted by Crippen LogP contribution is -2.50. The standard InChI is InChI=1S/C22H27N3O3S/c1-2-16-6-7-18-17(13-16)14-19(29-18)22(27)28-15-21(26)25-11-9-24(10-12-25)20-5-3-4-8-23-20/h3-5,8,14,16H,2,6-7,9-13,15H2,1H3. The number of piperazine rings is 1. The maximum atomic E-state index is 12.5. The molecule has 1 aliphatic carbocycles. The van der Waals surface area contributed by atoms with Gasteiger partial charge in [0, 0.05) is 37.3 Å². The van der Waals surface area contributed by atoms with Crippen LogP contribution in [0.4, 0.5) is 5.82 Å². The number of esters is 1. The second-order valence-corrected chi connectivity index (χ2v) is 8.84. The van der Waals surface area contributed by atoms with Crippen molar-refractivity contribution in [2.75, 3.05) is 37.7 Å². The highest BCUT2D eigenvalue weighted by Gasteiger charge is 2.25. The van der Waals surface area contributed by atoms with E-state index in [1.54, 1.807) is 11.1 Å². The lowest BCUT2D eigenvalue weighted by atomic mass is 9.87. The number of anilines is 1. The largest absolute Gasteiger partial charge is 0.451 e. The first-order chi connectivity index (χ1) is 14.1. The molecular weight excluding hydrogens is 386 g/mol. The second-order valence-electron chi connectivity index (χ2n) is 7.71. The molecule has 1 atom stereocenters. The van der Waals surface area contributed by atoms with Gasteiger partial charge in [-0.05, 0) is 48.9 Å². The highest BCUT2D eigenvalue weighted by atomic mass is 32.1. The third-order valence-corrected chi connectivity index (χ3v) is 7.11. The van der Waals surface area contributed by atoms with Crippen molar-refractivity contribution in [3.05, 3.63) is 45.8 Å². The number of carbonyl (C=O) groups excluding carboxylic acids is 2. The Morgan fingerprint density at radius 2 is 2.07 bits per heavy atom. The van der Waals surface area contributed by atoms with E-state index in [0.717, 1.165) is 31.7 Å². The summed E-state index contributed by atoms with van der Waals surface area (Å²) in [6, 6.07) is 7.80. The van der Waals surface area contributed by atoms with Gasteiger partial charge in [-0.3, -0.25) is 4.79 Å². The number of aromatic nitrogens is 1. The van der Waals surface area contributed by atoms with Crippen molar-refractivity contribution in [2.45, 2.75) is 32.6 Å². The molecule has 0 N–H and O–H groups in total. The van der Waals surface area contributed by atoms with E-state index in [4.69, 9.17) is 4.74 Å². The van der Waals surface area contributed by atoms with Gasteiger partial charge in [-0.2, -0.15) is 0 Å². The normalized spacial score (nSPS) is 19.0. The molecule has 0 spiro atoms. The zero-order valence-corrected chi connectivity index (χ0v) is 17.6. The fourth-order valence-corrected chi connectivity index (χ4v) is 5.17. The third-order valence-electron chi connectivity index (χ3n) is 5.90. The van der Waals surface area contributed by atoms with Gasteiger partial charge < -0.3 is 14.5 Å². The van der Waals surface area contributed by atoms with Crippen LogP contribution in [0.3, 0.4) is 0 Å². The molecule has 29 heavy (non-hydrogen) atoms. The van der Waals surface area contributed by atoms with Crippen LogP contribution in [0.25, 0.3) is 0 Å². The summed E-state index contributed by atoms with van der Waals surface area (Å²) in [4.78, 5) is 35.1. The lowest BCUT2D eigenvalue weighted by Gasteiger charge is -2.35. The van der Waals surface area contributed by atoms with Crippen molar-refractivity contribution in [3.63, 3.8) is 0 Å². The van der Waals surface area contributed by atoms with Crippen molar-refractivity contribution < 1.29 is 14.3 Å². The van der Waals surface area contributed by atoms with Crippen LogP contribution in [-0.2, 0) is 22.4 Å². The number of amides is 1. The van der Waals surface area contributed by atoms with Crippen LogP contribution in [0.1, 0.15) is 39.9 Å². The second kappa shape index (κ2) is 8.95. The number of ether oxygens (including phenoxy) is 1. The fraction of sp³-hybridized carbons (Fsp3) is 0.500. The summed E-state index contributed by atoms with van der Waals surface area (Å²) >= 11 is 1.53. The molecule has 0 radical (unpaired) electrons. The van der Waals surface area contributed by atoms with Gasteiger partial charge in [-0.1, -0.05) is 19.4 Å². The van der Waals surface area contributed by atoms with Crippen molar-refractivity contribution in [3.8, 4) is 0 Å². The van der Waals surface area contributed by atoms with Crippen LogP contribution in [0, 0.1) is 5.92 Å². The first kappa shape index (κ1) is 19.9.